The van der Waals surface area contributed by atoms with E-state index in [0.717, 1.165) is 17.7 Å². The second kappa shape index (κ2) is 7.74. The number of carbonyl (C=O) groups excluding carboxylic acids is 1. The summed E-state index contributed by atoms with van der Waals surface area (Å²) in [6, 6.07) is 11.1. The maximum absolute atomic E-state index is 12.7. The number of nitrogens with one attached hydrogen (secondary N) is 1. The molecule has 0 aliphatic rings. The van der Waals surface area contributed by atoms with E-state index in [4.69, 9.17) is 4.74 Å². The zero-order valence-corrected chi connectivity index (χ0v) is 14.0. The first-order chi connectivity index (χ1) is 12.2. The van der Waals surface area contributed by atoms with E-state index in [1.54, 1.807) is 24.3 Å². The maximum atomic E-state index is 12.7. The number of halogens is 3. The van der Waals surface area contributed by atoms with Gasteiger partial charge in [0.2, 0.25) is 0 Å². The van der Waals surface area contributed by atoms with E-state index in [9.17, 15) is 23.2 Å². The number of alkyl halides is 3. The highest BCUT2D eigenvalue weighted by atomic mass is 19.4. The molecule has 2 aromatic rings. The van der Waals surface area contributed by atoms with Crippen LogP contribution in [-0.2, 0) is 11.0 Å². The second-order valence-electron chi connectivity index (χ2n) is 5.43. The Balaban J connectivity index is 2.24. The van der Waals surface area contributed by atoms with Gasteiger partial charge in [0.05, 0.1) is 12.7 Å². The molecule has 0 saturated heterocycles. The van der Waals surface area contributed by atoms with Crippen molar-refractivity contribution in [3.63, 3.8) is 0 Å². The summed E-state index contributed by atoms with van der Waals surface area (Å²) in [7, 11) is 1.53. The highest BCUT2D eigenvalue weighted by molar-refractivity contribution is 6.09. The summed E-state index contributed by atoms with van der Waals surface area (Å²) in [5.74, 6) is -0.130. The lowest BCUT2D eigenvalue weighted by atomic mass is 10.1. The van der Waals surface area contributed by atoms with Crippen molar-refractivity contribution >= 4 is 17.7 Å². The van der Waals surface area contributed by atoms with Gasteiger partial charge in [-0.25, -0.2) is 0 Å². The first-order valence-corrected chi connectivity index (χ1v) is 7.49. The summed E-state index contributed by atoms with van der Waals surface area (Å²) in [6.45, 7) is 1.81. The van der Waals surface area contributed by atoms with Crippen LogP contribution in [0.4, 0.5) is 18.9 Å². The molecule has 134 valence electrons. The van der Waals surface area contributed by atoms with E-state index in [0.29, 0.717) is 11.3 Å². The average molecular weight is 360 g/mol. The number of benzene rings is 2. The molecular formula is C19H15F3N2O2. The number of hydrogen-bond donors (Lipinski definition) is 1. The molecule has 7 heteroatoms. The maximum Gasteiger partial charge on any atom is 0.416 e. The number of ether oxygens (including phenoxy) is 1. The first-order valence-electron chi connectivity index (χ1n) is 7.49. The number of rotatable bonds is 4. The largest absolute Gasteiger partial charge is 0.496 e. The molecule has 0 unspecified atom stereocenters. The van der Waals surface area contributed by atoms with Gasteiger partial charge >= 0.3 is 6.18 Å². The van der Waals surface area contributed by atoms with Crippen molar-refractivity contribution in [3.05, 3.63) is 64.7 Å². The van der Waals surface area contributed by atoms with E-state index in [1.807, 2.05) is 6.92 Å². The summed E-state index contributed by atoms with van der Waals surface area (Å²) in [5.41, 5.74) is 0.253. The lowest BCUT2D eigenvalue weighted by molar-refractivity contribution is -0.137. The van der Waals surface area contributed by atoms with Gasteiger partial charge in [-0.1, -0.05) is 12.1 Å². The predicted octanol–water partition coefficient (Wildman–Crippen LogP) is 4.57. The number of amides is 1. The zero-order chi connectivity index (χ0) is 19.3. The van der Waals surface area contributed by atoms with Crippen molar-refractivity contribution in [2.45, 2.75) is 13.1 Å². The van der Waals surface area contributed by atoms with E-state index in [2.05, 4.69) is 5.32 Å². The standard InChI is InChI=1S/C19H15F3N2O2/c1-12-8-13(6-7-17(12)26-2)9-14(11-23)18(25)24-16-5-3-4-15(10-16)19(20,21)22/h3-10H,1-2H3,(H,24,25)/b14-9-. The smallest absolute Gasteiger partial charge is 0.416 e. The third-order valence-corrected chi connectivity index (χ3v) is 3.54. The lowest BCUT2D eigenvalue weighted by Crippen LogP contribution is -2.14. The normalized spacial score (nSPS) is 11.6. The minimum atomic E-state index is -4.52. The molecule has 1 amide bonds. The monoisotopic (exact) mass is 360 g/mol. The highest BCUT2D eigenvalue weighted by Gasteiger charge is 2.30. The number of carbonyl (C=O) groups is 1. The zero-order valence-electron chi connectivity index (χ0n) is 14.0. The Hall–Kier alpha value is -3.27. The van der Waals surface area contributed by atoms with Crippen molar-refractivity contribution in [1.29, 1.82) is 5.26 Å². The molecule has 2 rings (SSSR count). The molecule has 0 fully saturated rings. The summed E-state index contributed by atoms with van der Waals surface area (Å²) < 4.78 is 43.3. The van der Waals surface area contributed by atoms with E-state index >= 15 is 0 Å². The molecule has 26 heavy (non-hydrogen) atoms. The van der Waals surface area contributed by atoms with Crippen LogP contribution in [0.25, 0.3) is 6.08 Å². The van der Waals surface area contributed by atoms with Crippen LogP contribution in [0.1, 0.15) is 16.7 Å². The van der Waals surface area contributed by atoms with E-state index in [-0.39, 0.29) is 11.3 Å². The fraction of sp³-hybridized carbons (Fsp3) is 0.158. The summed E-state index contributed by atoms with van der Waals surface area (Å²) in [6.07, 6.45) is -3.16. The fourth-order valence-electron chi connectivity index (χ4n) is 2.28. The topological polar surface area (TPSA) is 62.1 Å². The molecular weight excluding hydrogens is 345 g/mol. The van der Waals surface area contributed by atoms with Crippen LogP contribution in [0.3, 0.4) is 0 Å². The number of hydrogen-bond acceptors (Lipinski definition) is 3. The Morgan fingerprint density at radius 1 is 1.23 bits per heavy atom. The van der Waals surface area contributed by atoms with Crippen LogP contribution in [-0.4, -0.2) is 13.0 Å². The summed E-state index contributed by atoms with van der Waals surface area (Å²) >= 11 is 0. The van der Waals surface area contributed by atoms with Crippen molar-refractivity contribution in [2.24, 2.45) is 0 Å². The number of nitrogens with zero attached hydrogens (tertiary/aromatic N) is 1. The van der Waals surface area contributed by atoms with Crippen LogP contribution in [0.15, 0.2) is 48.0 Å². The van der Waals surface area contributed by atoms with Crippen molar-refractivity contribution < 1.29 is 22.7 Å². The van der Waals surface area contributed by atoms with Gasteiger partial charge in [-0.15, -0.1) is 0 Å². The van der Waals surface area contributed by atoms with Crippen LogP contribution in [0, 0.1) is 18.3 Å². The molecule has 2 aromatic carbocycles. The molecule has 0 aliphatic heterocycles. The molecule has 0 spiro atoms. The molecule has 0 heterocycles. The molecule has 0 bridgehead atoms. The van der Waals surface area contributed by atoms with Gasteiger partial charge in [0, 0.05) is 5.69 Å². The molecule has 0 saturated carbocycles. The molecule has 0 atom stereocenters. The molecule has 4 nitrogen and oxygen atoms in total. The van der Waals surface area contributed by atoms with Gasteiger partial charge in [-0.3, -0.25) is 4.79 Å². The molecule has 0 aromatic heterocycles. The number of nitriles is 1. The Kier molecular flexibility index (Phi) is 5.68. The van der Waals surface area contributed by atoms with E-state index < -0.39 is 17.6 Å². The van der Waals surface area contributed by atoms with Crippen molar-refractivity contribution in [2.75, 3.05) is 12.4 Å². The third kappa shape index (κ3) is 4.63. The van der Waals surface area contributed by atoms with Crippen LogP contribution >= 0.6 is 0 Å². The van der Waals surface area contributed by atoms with E-state index in [1.165, 1.54) is 25.3 Å². The lowest BCUT2D eigenvalue weighted by Gasteiger charge is -2.09. The average Bonchev–Trinajstić information content (AvgIpc) is 2.59. The summed E-state index contributed by atoms with van der Waals surface area (Å²) in [5, 5.41) is 11.5. The van der Waals surface area contributed by atoms with Gasteiger partial charge in [-0.05, 0) is 54.5 Å². The fourth-order valence-corrected chi connectivity index (χ4v) is 2.28. The Bertz CT molecular complexity index is 896. The highest BCUT2D eigenvalue weighted by Crippen LogP contribution is 2.30. The number of methoxy groups -OCH3 is 1. The minimum Gasteiger partial charge on any atom is -0.496 e. The predicted molar refractivity (Wildman–Crippen MR) is 91.4 cm³/mol. The SMILES string of the molecule is COc1ccc(/C=C(/C#N)C(=O)Nc2cccc(C(F)(F)F)c2)cc1C. The first kappa shape index (κ1) is 19.1. The van der Waals surface area contributed by atoms with Gasteiger partial charge in [0.25, 0.3) is 5.91 Å². The van der Waals surface area contributed by atoms with Crippen molar-refractivity contribution in [1.82, 2.24) is 0 Å². The quantitative estimate of drug-likeness (QED) is 0.642. The molecule has 1 N–H and O–H groups in total. The molecule has 0 radical (unpaired) electrons. The Morgan fingerprint density at radius 3 is 2.54 bits per heavy atom. The second-order valence-corrected chi connectivity index (χ2v) is 5.43. The third-order valence-electron chi connectivity index (χ3n) is 3.54. The Morgan fingerprint density at radius 2 is 1.96 bits per heavy atom. The number of anilines is 1. The van der Waals surface area contributed by atoms with Crippen LogP contribution in [0.2, 0.25) is 0 Å². The van der Waals surface area contributed by atoms with Gasteiger partial charge in [0.15, 0.2) is 0 Å². The number of aryl methyl sites for hydroxylation is 1. The van der Waals surface area contributed by atoms with Gasteiger partial charge < -0.3 is 10.1 Å². The van der Waals surface area contributed by atoms with Crippen LogP contribution < -0.4 is 10.1 Å². The minimum absolute atomic E-state index is 0.0445. The van der Waals surface area contributed by atoms with Gasteiger partial charge in [0.1, 0.15) is 17.4 Å². The summed E-state index contributed by atoms with van der Waals surface area (Å²) in [4.78, 5) is 12.2. The Labute approximate surface area is 148 Å². The molecule has 0 aliphatic carbocycles. The van der Waals surface area contributed by atoms with Crippen molar-refractivity contribution in [3.8, 4) is 11.8 Å². The van der Waals surface area contributed by atoms with Crippen LogP contribution in [0.5, 0.6) is 5.75 Å². The van der Waals surface area contributed by atoms with Gasteiger partial charge in [-0.2, -0.15) is 18.4 Å².